The van der Waals surface area contributed by atoms with E-state index in [9.17, 15) is 4.79 Å². The van der Waals surface area contributed by atoms with Gasteiger partial charge in [-0.1, -0.05) is 22.9 Å². The first-order chi connectivity index (χ1) is 9.15. The number of hydrogen-bond acceptors (Lipinski definition) is 6. The number of carbonyl (C=O) groups is 1. The molecular weight excluding hydrogens is 288 g/mol. The largest absolute Gasteiger partial charge is 0.465 e. The summed E-state index contributed by atoms with van der Waals surface area (Å²) in [5, 5.41) is 0.999. The second-order valence-electron chi connectivity index (χ2n) is 4.25. The number of esters is 1. The van der Waals surface area contributed by atoms with Gasteiger partial charge >= 0.3 is 5.97 Å². The molecule has 2 heterocycles. The SMILES string of the molecule is CCOC1CCN(c2nc(Cl)c(C(=O)OC)s2)CC1. The Kier molecular flexibility index (Phi) is 5.01. The average Bonchev–Trinajstić information content (AvgIpc) is 2.81. The number of nitrogens with zero attached hydrogens (tertiary/aromatic N) is 2. The summed E-state index contributed by atoms with van der Waals surface area (Å²) in [6.07, 6.45) is 2.27. The Balaban J connectivity index is 2.02. The third-order valence-electron chi connectivity index (χ3n) is 3.06. The number of piperidine rings is 1. The van der Waals surface area contributed by atoms with E-state index in [1.807, 2.05) is 6.92 Å². The first-order valence-corrected chi connectivity index (χ1v) is 7.46. The molecule has 19 heavy (non-hydrogen) atoms. The van der Waals surface area contributed by atoms with E-state index in [0.29, 0.717) is 11.0 Å². The molecule has 0 spiro atoms. The van der Waals surface area contributed by atoms with Crippen LogP contribution in [0.3, 0.4) is 0 Å². The number of carbonyl (C=O) groups excluding carboxylic acids is 1. The summed E-state index contributed by atoms with van der Waals surface area (Å²) in [5.41, 5.74) is 0. The highest BCUT2D eigenvalue weighted by atomic mass is 35.5. The Morgan fingerprint density at radius 3 is 2.79 bits per heavy atom. The van der Waals surface area contributed by atoms with E-state index in [0.717, 1.165) is 37.7 Å². The Hall–Kier alpha value is -0.850. The van der Waals surface area contributed by atoms with Gasteiger partial charge in [0.15, 0.2) is 15.2 Å². The zero-order chi connectivity index (χ0) is 13.8. The Morgan fingerprint density at radius 2 is 2.21 bits per heavy atom. The first-order valence-electron chi connectivity index (χ1n) is 6.26. The van der Waals surface area contributed by atoms with Crippen LogP contribution in [0.25, 0.3) is 0 Å². The van der Waals surface area contributed by atoms with Crippen LogP contribution in [-0.4, -0.2) is 43.9 Å². The molecule has 0 unspecified atom stereocenters. The molecule has 1 fully saturated rings. The summed E-state index contributed by atoms with van der Waals surface area (Å²) in [7, 11) is 1.34. The lowest BCUT2D eigenvalue weighted by atomic mass is 10.1. The molecule has 1 aromatic heterocycles. The third kappa shape index (κ3) is 3.38. The molecule has 0 saturated carbocycles. The molecule has 106 valence electrons. The molecule has 0 amide bonds. The van der Waals surface area contributed by atoms with Crippen LogP contribution in [0.15, 0.2) is 0 Å². The molecule has 2 rings (SSSR count). The van der Waals surface area contributed by atoms with Crippen LogP contribution >= 0.6 is 22.9 Å². The molecule has 7 heteroatoms. The summed E-state index contributed by atoms with van der Waals surface area (Å²) in [4.78, 5) is 18.2. The summed E-state index contributed by atoms with van der Waals surface area (Å²) < 4.78 is 10.3. The van der Waals surface area contributed by atoms with Crippen LogP contribution in [-0.2, 0) is 9.47 Å². The maximum absolute atomic E-state index is 11.5. The first kappa shape index (κ1) is 14.6. The predicted octanol–water partition coefficient (Wildman–Crippen LogP) is 2.59. The molecule has 0 aliphatic carbocycles. The molecule has 1 aromatic rings. The van der Waals surface area contributed by atoms with Crippen molar-refractivity contribution in [3.63, 3.8) is 0 Å². The number of aromatic nitrogens is 1. The van der Waals surface area contributed by atoms with Gasteiger partial charge in [0.2, 0.25) is 0 Å². The fourth-order valence-corrected chi connectivity index (χ4v) is 3.35. The van der Waals surface area contributed by atoms with Gasteiger partial charge in [0.25, 0.3) is 0 Å². The van der Waals surface area contributed by atoms with E-state index in [4.69, 9.17) is 16.3 Å². The van der Waals surface area contributed by atoms with E-state index < -0.39 is 5.97 Å². The van der Waals surface area contributed by atoms with Crippen LogP contribution in [0.5, 0.6) is 0 Å². The molecule has 0 radical (unpaired) electrons. The van der Waals surface area contributed by atoms with Crippen molar-refractivity contribution < 1.29 is 14.3 Å². The molecular formula is C12H17ClN2O3S. The zero-order valence-corrected chi connectivity index (χ0v) is 12.6. The van der Waals surface area contributed by atoms with Crippen molar-refractivity contribution in [3.8, 4) is 0 Å². The number of rotatable bonds is 4. The molecule has 0 aromatic carbocycles. The van der Waals surface area contributed by atoms with Gasteiger partial charge < -0.3 is 14.4 Å². The Labute approximate surface area is 121 Å². The zero-order valence-electron chi connectivity index (χ0n) is 11.0. The maximum Gasteiger partial charge on any atom is 0.351 e. The van der Waals surface area contributed by atoms with Crippen molar-refractivity contribution in [2.24, 2.45) is 0 Å². The van der Waals surface area contributed by atoms with E-state index in [2.05, 4.69) is 14.6 Å². The van der Waals surface area contributed by atoms with Gasteiger partial charge in [-0.2, -0.15) is 0 Å². The van der Waals surface area contributed by atoms with E-state index >= 15 is 0 Å². The molecule has 0 atom stereocenters. The van der Waals surface area contributed by atoms with Gasteiger partial charge in [-0.3, -0.25) is 0 Å². The summed E-state index contributed by atoms with van der Waals surface area (Å²) in [6, 6.07) is 0. The number of methoxy groups -OCH3 is 1. The van der Waals surface area contributed by atoms with Crippen molar-refractivity contribution in [3.05, 3.63) is 10.0 Å². The van der Waals surface area contributed by atoms with Gasteiger partial charge in [0.05, 0.1) is 13.2 Å². The second kappa shape index (κ2) is 6.54. The number of halogens is 1. The Morgan fingerprint density at radius 1 is 1.53 bits per heavy atom. The van der Waals surface area contributed by atoms with Crippen molar-refractivity contribution in [1.82, 2.24) is 4.98 Å². The fourth-order valence-electron chi connectivity index (χ4n) is 2.09. The summed E-state index contributed by atoms with van der Waals surface area (Å²) in [6.45, 7) is 4.50. The normalized spacial score (nSPS) is 16.7. The lowest BCUT2D eigenvalue weighted by Crippen LogP contribution is -2.36. The van der Waals surface area contributed by atoms with Gasteiger partial charge in [-0.15, -0.1) is 0 Å². The number of ether oxygens (including phenoxy) is 2. The van der Waals surface area contributed by atoms with Crippen molar-refractivity contribution in [2.75, 3.05) is 31.7 Å². The predicted molar refractivity (Wildman–Crippen MR) is 75.3 cm³/mol. The Bertz CT molecular complexity index is 444. The molecule has 5 nitrogen and oxygen atoms in total. The standard InChI is InChI=1S/C12H17ClN2O3S/c1-3-18-8-4-6-15(7-5-8)12-14-10(13)9(19-12)11(16)17-2/h8H,3-7H2,1-2H3. The minimum absolute atomic E-state index is 0.221. The van der Waals surface area contributed by atoms with Gasteiger partial charge in [0.1, 0.15) is 0 Å². The van der Waals surface area contributed by atoms with Crippen LogP contribution in [0.2, 0.25) is 5.15 Å². The van der Waals surface area contributed by atoms with Crippen LogP contribution < -0.4 is 4.90 Å². The van der Waals surface area contributed by atoms with Crippen LogP contribution in [0.4, 0.5) is 5.13 Å². The van der Waals surface area contributed by atoms with Crippen LogP contribution in [0, 0.1) is 0 Å². The lowest BCUT2D eigenvalue weighted by Gasteiger charge is -2.31. The highest BCUT2D eigenvalue weighted by Gasteiger charge is 2.24. The van der Waals surface area contributed by atoms with Crippen molar-refractivity contribution >= 4 is 34.0 Å². The molecule has 1 saturated heterocycles. The van der Waals surface area contributed by atoms with E-state index in [1.54, 1.807) is 0 Å². The van der Waals surface area contributed by atoms with Crippen LogP contribution in [0.1, 0.15) is 29.4 Å². The molecule has 1 aliphatic rings. The quantitative estimate of drug-likeness (QED) is 0.800. The fraction of sp³-hybridized carbons (Fsp3) is 0.667. The number of anilines is 1. The molecule has 1 aliphatic heterocycles. The average molecular weight is 305 g/mol. The summed E-state index contributed by atoms with van der Waals surface area (Å²) in [5.74, 6) is -0.432. The van der Waals surface area contributed by atoms with Crippen molar-refractivity contribution in [2.45, 2.75) is 25.9 Å². The lowest BCUT2D eigenvalue weighted by molar-refractivity contribution is 0.0459. The van der Waals surface area contributed by atoms with Crippen molar-refractivity contribution in [1.29, 1.82) is 0 Å². The summed E-state index contributed by atoms with van der Waals surface area (Å²) >= 11 is 7.24. The second-order valence-corrected chi connectivity index (χ2v) is 5.59. The van der Waals surface area contributed by atoms with Gasteiger partial charge in [0, 0.05) is 19.7 Å². The minimum Gasteiger partial charge on any atom is -0.465 e. The smallest absolute Gasteiger partial charge is 0.351 e. The maximum atomic E-state index is 11.5. The highest BCUT2D eigenvalue weighted by molar-refractivity contribution is 7.18. The van der Waals surface area contributed by atoms with Gasteiger partial charge in [-0.25, -0.2) is 9.78 Å². The number of thiazole rings is 1. The number of hydrogen-bond donors (Lipinski definition) is 0. The monoisotopic (exact) mass is 304 g/mol. The topological polar surface area (TPSA) is 51.7 Å². The van der Waals surface area contributed by atoms with E-state index in [-0.39, 0.29) is 5.15 Å². The van der Waals surface area contributed by atoms with E-state index in [1.165, 1.54) is 18.4 Å². The van der Waals surface area contributed by atoms with Gasteiger partial charge in [-0.05, 0) is 19.8 Å². The minimum atomic E-state index is -0.432. The third-order valence-corrected chi connectivity index (χ3v) is 4.54. The molecule has 0 bridgehead atoms. The molecule has 0 N–H and O–H groups in total. The highest BCUT2D eigenvalue weighted by Crippen LogP contribution is 2.32.